The minimum absolute atomic E-state index is 0.181. The van der Waals surface area contributed by atoms with Crippen molar-refractivity contribution in [1.82, 2.24) is 24.0 Å². The third-order valence-electron chi connectivity index (χ3n) is 6.68. The maximum Gasteiger partial charge on any atom is 0.360 e. The summed E-state index contributed by atoms with van der Waals surface area (Å²) in [6.07, 6.45) is 2.00. The summed E-state index contributed by atoms with van der Waals surface area (Å²) in [5, 5.41) is 5.07. The van der Waals surface area contributed by atoms with Crippen LogP contribution in [0.15, 0.2) is 45.4 Å². The normalized spacial score (nSPS) is 12.4. The van der Waals surface area contributed by atoms with Crippen LogP contribution in [0.25, 0.3) is 0 Å². The molecule has 44 heavy (non-hydrogen) atoms. The quantitative estimate of drug-likeness (QED) is 0.302. The highest BCUT2D eigenvalue weighted by atomic mass is 32.2. The Morgan fingerprint density at radius 2 is 1.68 bits per heavy atom. The number of thioether (sulfide) groups is 1. The smallest absolute Gasteiger partial charge is 0.360 e. The number of amides is 2. The van der Waals surface area contributed by atoms with E-state index in [0.717, 1.165) is 41.6 Å². The molecular formula is C28H39N5O8S3. The lowest BCUT2D eigenvalue weighted by molar-refractivity contribution is 0.0597. The number of esters is 1. The first-order valence-corrected chi connectivity index (χ1v) is 17.0. The van der Waals surface area contributed by atoms with Crippen molar-refractivity contribution in [3.63, 3.8) is 0 Å². The Morgan fingerprint density at radius 1 is 1.09 bits per heavy atom. The van der Waals surface area contributed by atoms with Crippen molar-refractivity contribution < 1.29 is 32.3 Å². The molecule has 16 heteroatoms. The lowest BCUT2D eigenvalue weighted by Crippen LogP contribution is -2.42. The zero-order chi connectivity index (χ0) is 33.2. The summed E-state index contributed by atoms with van der Waals surface area (Å²) in [5.74, 6) is -0.114. The molecule has 0 saturated carbocycles. The van der Waals surface area contributed by atoms with Crippen molar-refractivity contribution in [3.8, 4) is 6.01 Å². The molecule has 0 spiro atoms. The molecule has 3 rings (SSSR count). The minimum Gasteiger partial charge on any atom is -0.467 e. The molecule has 0 aliphatic rings. The van der Waals surface area contributed by atoms with E-state index in [9.17, 15) is 27.6 Å². The van der Waals surface area contributed by atoms with E-state index >= 15 is 0 Å². The first-order chi connectivity index (χ1) is 20.7. The molecule has 0 bridgehead atoms. The fraction of sp³-hybridized carbons (Fsp3) is 0.464. The van der Waals surface area contributed by atoms with E-state index in [1.165, 1.54) is 43.8 Å². The van der Waals surface area contributed by atoms with Gasteiger partial charge in [0.25, 0.3) is 15.3 Å². The van der Waals surface area contributed by atoms with Gasteiger partial charge >= 0.3 is 23.7 Å². The van der Waals surface area contributed by atoms with Crippen LogP contribution in [0.5, 0.6) is 6.01 Å². The first kappa shape index (κ1) is 36.6. The second-order valence-corrected chi connectivity index (χ2v) is 13.3. The molecule has 2 heterocycles. The SMILES string of the molecule is CCC(C)N(C(=O)SCc1ccccc1)C(C)CC.COC(=O)c1csc(C)c1S(=O)(=O)NC(=O)n1nc(OC)n(C)c1=O. The van der Waals surface area contributed by atoms with Crippen molar-refractivity contribution in [2.24, 2.45) is 7.05 Å². The number of aromatic nitrogens is 3. The van der Waals surface area contributed by atoms with Gasteiger partial charge in [-0.3, -0.25) is 4.79 Å². The number of methoxy groups -OCH3 is 2. The van der Waals surface area contributed by atoms with Gasteiger partial charge in [-0.1, -0.05) is 55.9 Å². The van der Waals surface area contributed by atoms with Crippen molar-refractivity contribution in [3.05, 3.63) is 62.2 Å². The van der Waals surface area contributed by atoms with Gasteiger partial charge in [0.2, 0.25) is 0 Å². The summed E-state index contributed by atoms with van der Waals surface area (Å²) in [6.45, 7) is 10.00. The lowest BCUT2D eigenvalue weighted by atomic mass is 10.1. The van der Waals surface area contributed by atoms with Crippen LogP contribution in [0.2, 0.25) is 0 Å². The Bertz CT molecular complexity index is 1590. The summed E-state index contributed by atoms with van der Waals surface area (Å²) in [7, 11) is -0.816. The van der Waals surface area contributed by atoms with Gasteiger partial charge in [-0.25, -0.2) is 32.1 Å². The van der Waals surface area contributed by atoms with Crippen LogP contribution in [0, 0.1) is 6.92 Å². The van der Waals surface area contributed by atoms with E-state index in [-0.39, 0.29) is 21.7 Å². The number of sulfonamides is 1. The topological polar surface area (TPSA) is 159 Å². The molecular weight excluding hydrogens is 631 g/mol. The van der Waals surface area contributed by atoms with Crippen molar-refractivity contribution in [2.45, 2.75) is 70.2 Å². The molecule has 2 amide bonds. The molecule has 0 aliphatic heterocycles. The van der Waals surface area contributed by atoms with Gasteiger partial charge in [0.15, 0.2) is 0 Å². The Kier molecular flexibility index (Phi) is 13.7. The number of carbonyl (C=O) groups is 3. The summed E-state index contributed by atoms with van der Waals surface area (Å²) >= 11 is 2.41. The molecule has 2 atom stereocenters. The van der Waals surface area contributed by atoms with Crippen LogP contribution in [0.4, 0.5) is 9.59 Å². The van der Waals surface area contributed by atoms with E-state index in [4.69, 9.17) is 4.74 Å². The summed E-state index contributed by atoms with van der Waals surface area (Å²) in [4.78, 5) is 50.1. The lowest BCUT2D eigenvalue weighted by Gasteiger charge is -2.33. The van der Waals surface area contributed by atoms with Gasteiger partial charge in [-0.15, -0.1) is 21.1 Å². The van der Waals surface area contributed by atoms with Gasteiger partial charge < -0.3 is 14.4 Å². The van der Waals surface area contributed by atoms with Crippen LogP contribution < -0.4 is 15.1 Å². The number of hydrogen-bond donors (Lipinski definition) is 1. The van der Waals surface area contributed by atoms with Crippen LogP contribution in [0.3, 0.4) is 0 Å². The number of hydrogen-bond acceptors (Lipinski definition) is 11. The van der Waals surface area contributed by atoms with Crippen LogP contribution >= 0.6 is 23.1 Å². The van der Waals surface area contributed by atoms with Crippen LogP contribution in [-0.2, 0) is 27.6 Å². The highest BCUT2D eigenvalue weighted by Crippen LogP contribution is 2.27. The number of thiophene rings is 1. The molecule has 2 aromatic heterocycles. The van der Waals surface area contributed by atoms with Crippen LogP contribution in [-0.4, -0.2) is 71.2 Å². The molecule has 0 saturated heterocycles. The number of carbonyl (C=O) groups excluding carboxylic acids is 3. The Hall–Kier alpha value is -3.63. The standard InChI is InChI=1S/C16H25NOS.C12H14N4O7S2/c1-5-13(3)17(14(4)6-2)16(18)19-12-15-10-8-7-9-11-15;1-6-8(7(5-24-6)9(17)22-3)25(20,21)14-10(18)16-12(19)15(2)11(13-16)23-4/h7-11,13-14H,5-6,12H2,1-4H3;5H,1-4H3,(H,14,18). The summed E-state index contributed by atoms with van der Waals surface area (Å²) in [6, 6.07) is 9.29. The highest BCUT2D eigenvalue weighted by molar-refractivity contribution is 8.12. The molecule has 0 fully saturated rings. The molecule has 3 aromatic rings. The minimum atomic E-state index is -4.45. The maximum atomic E-state index is 12.5. The van der Waals surface area contributed by atoms with Crippen LogP contribution in [0.1, 0.15) is 61.3 Å². The Morgan fingerprint density at radius 3 is 2.18 bits per heavy atom. The molecule has 0 radical (unpaired) electrons. The predicted octanol–water partition coefficient (Wildman–Crippen LogP) is 4.63. The van der Waals surface area contributed by atoms with Gasteiger partial charge in [-0.2, -0.15) is 0 Å². The molecule has 0 aliphatic carbocycles. The van der Waals surface area contributed by atoms with Crippen molar-refractivity contribution in [2.75, 3.05) is 14.2 Å². The molecule has 2 unspecified atom stereocenters. The Balaban J connectivity index is 0.000000319. The zero-order valence-electron chi connectivity index (χ0n) is 26.0. The number of aryl methyl sites for hydroxylation is 1. The zero-order valence-corrected chi connectivity index (χ0v) is 28.5. The number of benzene rings is 1. The first-order valence-electron chi connectivity index (χ1n) is 13.7. The van der Waals surface area contributed by atoms with Gasteiger partial charge in [0, 0.05) is 35.1 Å². The van der Waals surface area contributed by atoms with Gasteiger partial charge in [0.1, 0.15) is 4.90 Å². The highest BCUT2D eigenvalue weighted by Gasteiger charge is 2.30. The summed E-state index contributed by atoms with van der Waals surface area (Å²) < 4.78 is 37.2. The number of nitrogens with zero attached hydrogens (tertiary/aromatic N) is 4. The van der Waals surface area contributed by atoms with E-state index in [0.29, 0.717) is 16.8 Å². The number of nitrogens with one attached hydrogen (secondary N) is 1. The predicted molar refractivity (Wildman–Crippen MR) is 170 cm³/mol. The third-order valence-corrected chi connectivity index (χ3v) is 10.2. The summed E-state index contributed by atoms with van der Waals surface area (Å²) in [5.41, 5.74) is 0.0881. The van der Waals surface area contributed by atoms with Gasteiger partial charge in [0.05, 0.1) is 19.8 Å². The molecule has 1 N–H and O–H groups in total. The monoisotopic (exact) mass is 669 g/mol. The fourth-order valence-corrected chi connectivity index (χ4v) is 7.44. The average Bonchev–Trinajstić information content (AvgIpc) is 3.55. The molecule has 13 nitrogen and oxygen atoms in total. The van der Waals surface area contributed by atoms with Crippen molar-refractivity contribution >= 4 is 50.4 Å². The number of ether oxygens (including phenoxy) is 2. The molecule has 1 aromatic carbocycles. The second kappa shape index (κ2) is 16.4. The Labute approximate surface area is 265 Å². The van der Waals surface area contributed by atoms with E-state index in [1.807, 2.05) is 23.1 Å². The van der Waals surface area contributed by atoms with E-state index < -0.39 is 32.6 Å². The second-order valence-electron chi connectivity index (χ2n) is 9.64. The van der Waals surface area contributed by atoms with E-state index in [1.54, 1.807) is 4.72 Å². The molecule has 242 valence electrons. The fourth-order valence-electron chi connectivity index (χ4n) is 3.95. The van der Waals surface area contributed by atoms with Gasteiger partial charge in [-0.05, 0) is 39.2 Å². The average molecular weight is 670 g/mol. The maximum absolute atomic E-state index is 12.5. The number of rotatable bonds is 10. The largest absolute Gasteiger partial charge is 0.467 e. The van der Waals surface area contributed by atoms with E-state index in [2.05, 4.69) is 49.7 Å². The third kappa shape index (κ3) is 8.95. The van der Waals surface area contributed by atoms with Crippen molar-refractivity contribution in [1.29, 1.82) is 0 Å².